The van der Waals surface area contributed by atoms with Crippen molar-refractivity contribution in [3.63, 3.8) is 0 Å². The molecule has 218 valence electrons. The van der Waals surface area contributed by atoms with E-state index in [-0.39, 0.29) is 38.5 Å². The third-order valence-electron chi connectivity index (χ3n) is 6.26. The molecule has 1 saturated heterocycles. The number of rotatable bonds is 7. The molecule has 0 spiro atoms. The lowest BCUT2D eigenvalue weighted by Crippen LogP contribution is -2.62. The third-order valence-corrected chi connectivity index (χ3v) is 6.26. The van der Waals surface area contributed by atoms with Crippen molar-refractivity contribution < 1.29 is 45.4 Å². The average Bonchev–Trinajstić information content (AvgIpc) is 2.83. The fourth-order valence-corrected chi connectivity index (χ4v) is 4.35. The van der Waals surface area contributed by atoms with Crippen LogP contribution in [0, 0.1) is 5.82 Å². The van der Waals surface area contributed by atoms with E-state index in [9.17, 15) is 45.4 Å². The number of nitrogens with zero attached hydrogens (tertiary/aromatic N) is 1. The molecule has 3 rings (SSSR count). The SMILES string of the molecule is CC(C)(O)CN1CCC(NC(=O)/C=C/c2ccc(F)cc2)(C(=O)Nc2cc(C(F)(F)F)cc(C(F)(F)F)c2)CC1. The van der Waals surface area contributed by atoms with Gasteiger partial charge in [-0.25, -0.2) is 4.39 Å². The molecule has 1 heterocycles. The van der Waals surface area contributed by atoms with Crippen LogP contribution in [-0.2, 0) is 21.9 Å². The largest absolute Gasteiger partial charge is 0.416 e. The first kappa shape index (κ1) is 31.1. The van der Waals surface area contributed by atoms with E-state index in [1.165, 1.54) is 30.3 Å². The summed E-state index contributed by atoms with van der Waals surface area (Å²) in [5.41, 5.74) is -6.22. The number of alkyl halides is 6. The van der Waals surface area contributed by atoms with Crippen LogP contribution < -0.4 is 10.6 Å². The number of halogens is 7. The molecule has 0 bridgehead atoms. The molecular formula is C27H28F7N3O3. The third kappa shape index (κ3) is 8.52. The van der Waals surface area contributed by atoms with Crippen molar-refractivity contribution in [1.82, 2.24) is 10.2 Å². The van der Waals surface area contributed by atoms with Crippen molar-refractivity contribution in [2.45, 2.75) is 50.2 Å². The summed E-state index contributed by atoms with van der Waals surface area (Å²) in [6, 6.07) is 5.89. The van der Waals surface area contributed by atoms with Crippen molar-refractivity contribution in [2.24, 2.45) is 0 Å². The molecule has 0 aliphatic carbocycles. The minimum Gasteiger partial charge on any atom is -0.389 e. The van der Waals surface area contributed by atoms with Crippen molar-refractivity contribution in [1.29, 1.82) is 0 Å². The molecule has 0 unspecified atom stereocenters. The number of β-amino-alcohol motifs (C(OH)–C–C–N with tert-alkyl or cyclic N) is 1. The normalized spacial score (nSPS) is 16.6. The van der Waals surface area contributed by atoms with Crippen LogP contribution >= 0.6 is 0 Å². The van der Waals surface area contributed by atoms with Crippen molar-refractivity contribution in [3.05, 3.63) is 71.0 Å². The monoisotopic (exact) mass is 575 g/mol. The quantitative estimate of drug-likeness (QED) is 0.312. The highest BCUT2D eigenvalue weighted by atomic mass is 19.4. The number of carbonyl (C=O) groups excluding carboxylic acids is 2. The van der Waals surface area contributed by atoms with Crippen LogP contribution in [0.15, 0.2) is 48.5 Å². The lowest BCUT2D eigenvalue weighted by Gasteiger charge is -2.42. The number of anilines is 1. The molecule has 0 radical (unpaired) electrons. The van der Waals surface area contributed by atoms with E-state index in [4.69, 9.17) is 0 Å². The summed E-state index contributed by atoms with van der Waals surface area (Å²) >= 11 is 0. The number of amides is 2. The maximum absolute atomic E-state index is 13.4. The zero-order chi connectivity index (χ0) is 29.9. The molecule has 2 amide bonds. The molecule has 0 saturated carbocycles. The van der Waals surface area contributed by atoms with Gasteiger partial charge in [0.1, 0.15) is 11.4 Å². The molecule has 1 fully saturated rings. The minimum atomic E-state index is -5.11. The molecule has 1 aliphatic rings. The molecule has 2 aromatic rings. The Kier molecular flexibility index (Phi) is 8.99. The molecule has 1 aliphatic heterocycles. The first-order chi connectivity index (χ1) is 18.4. The van der Waals surface area contributed by atoms with Crippen LogP contribution in [0.2, 0.25) is 0 Å². The van der Waals surface area contributed by atoms with Crippen molar-refractivity contribution in [2.75, 3.05) is 25.0 Å². The zero-order valence-electron chi connectivity index (χ0n) is 21.6. The first-order valence-electron chi connectivity index (χ1n) is 12.2. The van der Waals surface area contributed by atoms with Crippen LogP contribution in [0.4, 0.5) is 36.4 Å². The lowest BCUT2D eigenvalue weighted by molar-refractivity contribution is -0.143. The maximum Gasteiger partial charge on any atom is 0.416 e. The molecule has 6 nitrogen and oxygen atoms in total. The van der Waals surface area contributed by atoms with Gasteiger partial charge in [0.25, 0.3) is 0 Å². The number of likely N-dealkylation sites (tertiary alicyclic amines) is 1. The average molecular weight is 576 g/mol. The smallest absolute Gasteiger partial charge is 0.389 e. The Labute approximate surface area is 225 Å². The fraction of sp³-hybridized carbons (Fsp3) is 0.407. The van der Waals surface area contributed by atoms with E-state index in [0.29, 0.717) is 17.7 Å². The second kappa shape index (κ2) is 11.6. The second-order valence-corrected chi connectivity index (χ2v) is 10.3. The number of carbonyl (C=O) groups is 2. The summed E-state index contributed by atoms with van der Waals surface area (Å²) in [4.78, 5) is 28.0. The number of hydrogen-bond acceptors (Lipinski definition) is 4. The summed E-state index contributed by atoms with van der Waals surface area (Å²) in [6.45, 7) is 3.77. The van der Waals surface area contributed by atoms with Gasteiger partial charge in [0, 0.05) is 31.4 Å². The van der Waals surface area contributed by atoms with E-state index in [1.807, 2.05) is 4.90 Å². The van der Waals surface area contributed by atoms with Gasteiger partial charge in [-0.15, -0.1) is 0 Å². The summed E-state index contributed by atoms with van der Waals surface area (Å²) in [7, 11) is 0. The predicted molar refractivity (Wildman–Crippen MR) is 133 cm³/mol. The van der Waals surface area contributed by atoms with Gasteiger partial charge in [-0.3, -0.25) is 9.59 Å². The molecule has 3 N–H and O–H groups in total. The van der Waals surface area contributed by atoms with Crippen LogP contribution in [0.25, 0.3) is 6.08 Å². The first-order valence-corrected chi connectivity index (χ1v) is 12.2. The Morgan fingerprint density at radius 3 is 1.95 bits per heavy atom. The van der Waals surface area contributed by atoms with Gasteiger partial charge in [-0.2, -0.15) is 26.3 Å². The molecule has 13 heteroatoms. The second-order valence-electron chi connectivity index (χ2n) is 10.3. The van der Waals surface area contributed by atoms with Gasteiger partial charge < -0.3 is 20.6 Å². The van der Waals surface area contributed by atoms with E-state index in [1.54, 1.807) is 13.8 Å². The van der Waals surface area contributed by atoms with Crippen LogP contribution in [0.5, 0.6) is 0 Å². The van der Waals surface area contributed by atoms with Gasteiger partial charge in [0.15, 0.2) is 0 Å². The molecular weight excluding hydrogens is 547 g/mol. The van der Waals surface area contributed by atoms with E-state index >= 15 is 0 Å². The van der Waals surface area contributed by atoms with Crippen LogP contribution in [0.3, 0.4) is 0 Å². The summed E-state index contributed by atoms with van der Waals surface area (Å²) in [5, 5.41) is 14.8. The number of benzene rings is 2. The van der Waals surface area contributed by atoms with Gasteiger partial charge in [-0.05, 0) is 68.7 Å². The highest BCUT2D eigenvalue weighted by Gasteiger charge is 2.44. The topological polar surface area (TPSA) is 81.7 Å². The van der Waals surface area contributed by atoms with Crippen LogP contribution in [0.1, 0.15) is 43.4 Å². The van der Waals surface area contributed by atoms with Crippen LogP contribution in [-0.4, -0.2) is 52.6 Å². The molecule has 0 atom stereocenters. The van der Waals surface area contributed by atoms with E-state index in [0.717, 1.165) is 6.08 Å². The number of aliphatic hydroxyl groups is 1. The van der Waals surface area contributed by atoms with E-state index in [2.05, 4.69) is 10.6 Å². The maximum atomic E-state index is 13.4. The standard InChI is InChI=1S/C27H28F7N3O3/c1-24(2,40)16-37-11-9-25(10-12-37,36-22(38)8-5-17-3-6-20(28)7-4-17)23(39)35-21-14-18(26(29,30)31)13-19(15-21)27(32,33)34/h3-8,13-15,40H,9-12,16H2,1-2H3,(H,35,39)(H,36,38)/b8-5+. The summed E-state index contributed by atoms with van der Waals surface area (Å²) in [6.07, 6.45) is -7.88. The van der Waals surface area contributed by atoms with Crippen molar-refractivity contribution in [3.8, 4) is 0 Å². The molecule has 40 heavy (non-hydrogen) atoms. The number of nitrogens with one attached hydrogen (secondary N) is 2. The summed E-state index contributed by atoms with van der Waals surface area (Å²) < 4.78 is 93.0. The van der Waals surface area contributed by atoms with Crippen molar-refractivity contribution >= 4 is 23.6 Å². The Balaban J connectivity index is 1.89. The highest BCUT2D eigenvalue weighted by molar-refractivity contribution is 6.03. The Bertz CT molecular complexity index is 1210. The zero-order valence-corrected chi connectivity index (χ0v) is 21.6. The molecule has 0 aromatic heterocycles. The predicted octanol–water partition coefficient (Wildman–Crippen LogP) is 5.24. The van der Waals surface area contributed by atoms with E-state index < -0.39 is 57.9 Å². The van der Waals surface area contributed by atoms with Gasteiger partial charge in [0.05, 0.1) is 16.7 Å². The Morgan fingerprint density at radius 1 is 0.950 bits per heavy atom. The Hall–Kier alpha value is -3.45. The van der Waals surface area contributed by atoms with Gasteiger partial charge in [-0.1, -0.05) is 12.1 Å². The lowest BCUT2D eigenvalue weighted by atomic mass is 9.85. The summed E-state index contributed by atoms with van der Waals surface area (Å²) in [5.74, 6) is -2.24. The van der Waals surface area contributed by atoms with Gasteiger partial charge >= 0.3 is 12.4 Å². The Morgan fingerprint density at radius 2 is 1.48 bits per heavy atom. The van der Waals surface area contributed by atoms with Gasteiger partial charge in [0.2, 0.25) is 11.8 Å². The number of piperidine rings is 1. The molecule has 2 aromatic carbocycles. The highest BCUT2D eigenvalue weighted by Crippen LogP contribution is 2.38. The fourth-order valence-electron chi connectivity index (χ4n) is 4.35. The number of hydrogen-bond donors (Lipinski definition) is 3. The minimum absolute atomic E-state index is 0.0455.